The molecule has 0 spiro atoms. The van der Waals surface area contributed by atoms with Crippen molar-refractivity contribution >= 4 is 33.6 Å². The van der Waals surface area contributed by atoms with Crippen molar-refractivity contribution in [2.45, 2.75) is 39.5 Å². The van der Waals surface area contributed by atoms with Gasteiger partial charge in [-0.05, 0) is 47.2 Å². The van der Waals surface area contributed by atoms with Crippen LogP contribution in [0.3, 0.4) is 0 Å². The highest BCUT2D eigenvalue weighted by Crippen LogP contribution is 2.26. The normalized spacial score (nSPS) is 10.8. The fourth-order valence-corrected chi connectivity index (χ4v) is 5.71. The zero-order chi connectivity index (χ0) is 30.7. The molecule has 6 rings (SSSR count). The first kappa shape index (κ1) is 30.4. The van der Waals surface area contributed by atoms with Crippen molar-refractivity contribution < 1.29 is 9.59 Å². The summed E-state index contributed by atoms with van der Waals surface area (Å²) in [4.78, 5) is 29.3. The molecule has 0 aliphatic heterocycles. The number of hydrogen-bond acceptors (Lipinski definition) is 2. The van der Waals surface area contributed by atoms with Crippen molar-refractivity contribution in [3.8, 4) is 0 Å². The van der Waals surface area contributed by atoms with Gasteiger partial charge in [0.1, 0.15) is 0 Å². The van der Waals surface area contributed by atoms with Crippen LogP contribution in [0.2, 0.25) is 0 Å². The molecule has 2 heterocycles. The van der Waals surface area contributed by atoms with Crippen molar-refractivity contribution in [2.24, 2.45) is 0 Å². The molecule has 0 radical (unpaired) electrons. The number of fused-ring (bicyclic) bond motifs is 2. The van der Waals surface area contributed by atoms with Crippen LogP contribution in [0.4, 0.5) is 0 Å². The van der Waals surface area contributed by atoms with Gasteiger partial charge in [-0.15, -0.1) is 0 Å². The van der Waals surface area contributed by atoms with E-state index in [1.807, 2.05) is 24.3 Å². The molecule has 0 saturated carbocycles. The fourth-order valence-electron chi connectivity index (χ4n) is 5.71. The predicted octanol–water partition coefficient (Wildman–Crippen LogP) is 6.87. The van der Waals surface area contributed by atoms with Gasteiger partial charge in [-0.25, -0.2) is 0 Å². The van der Waals surface area contributed by atoms with Gasteiger partial charge in [0, 0.05) is 73.0 Å². The van der Waals surface area contributed by atoms with E-state index < -0.39 is 0 Å². The summed E-state index contributed by atoms with van der Waals surface area (Å²) in [6.45, 7) is 4.44. The number of benzene rings is 4. The van der Waals surface area contributed by atoms with Crippen LogP contribution in [0, 0.1) is 0 Å². The topological polar surface area (TPSA) is 89.8 Å². The number of aromatic amines is 2. The first-order chi connectivity index (χ1) is 21.5. The number of amides is 2. The Balaban J connectivity index is 0.000000175. The minimum atomic E-state index is 0.0180. The Labute approximate surface area is 258 Å². The number of hydrogen-bond donors (Lipinski definition) is 4. The van der Waals surface area contributed by atoms with Crippen LogP contribution < -0.4 is 10.6 Å². The Morgan fingerprint density at radius 1 is 0.523 bits per heavy atom. The molecule has 6 nitrogen and oxygen atoms in total. The standard InChI is InChI=1S/2C19H20N2O/c2*1-14(22)20-12-11-17-16-9-5-6-10-18(16)21-19(17)13-15-7-3-2-4-8-15/h2*2-10,21H,11-13H2,1H3,(H,20,22). The maximum Gasteiger partial charge on any atom is 0.216 e. The summed E-state index contributed by atoms with van der Waals surface area (Å²) in [6.07, 6.45) is 3.44. The van der Waals surface area contributed by atoms with Gasteiger partial charge >= 0.3 is 0 Å². The first-order valence-electron chi connectivity index (χ1n) is 15.2. The molecule has 0 saturated heterocycles. The minimum absolute atomic E-state index is 0.0180. The highest BCUT2D eigenvalue weighted by molar-refractivity contribution is 5.86. The molecule has 2 aromatic heterocycles. The molecule has 6 heteroatoms. The molecule has 4 aromatic carbocycles. The van der Waals surface area contributed by atoms with E-state index in [2.05, 4.69) is 106 Å². The van der Waals surface area contributed by atoms with E-state index in [4.69, 9.17) is 0 Å². The summed E-state index contributed by atoms with van der Waals surface area (Å²) in [6, 6.07) is 37.6. The first-order valence-corrected chi connectivity index (χ1v) is 15.2. The smallest absolute Gasteiger partial charge is 0.216 e. The Bertz CT molecular complexity index is 1680. The van der Waals surface area contributed by atoms with Gasteiger partial charge in [0.25, 0.3) is 0 Å². The zero-order valence-corrected chi connectivity index (χ0v) is 25.5. The number of nitrogens with one attached hydrogen (secondary N) is 4. The average Bonchev–Trinajstić information content (AvgIpc) is 3.55. The van der Waals surface area contributed by atoms with Gasteiger partial charge in [-0.3, -0.25) is 9.59 Å². The van der Waals surface area contributed by atoms with Gasteiger partial charge < -0.3 is 20.6 Å². The molecule has 44 heavy (non-hydrogen) atoms. The lowest BCUT2D eigenvalue weighted by molar-refractivity contribution is -0.119. The van der Waals surface area contributed by atoms with E-state index in [1.54, 1.807) is 13.8 Å². The number of aromatic nitrogens is 2. The third-order valence-electron chi connectivity index (χ3n) is 7.75. The maximum atomic E-state index is 11.1. The van der Waals surface area contributed by atoms with Crippen molar-refractivity contribution in [1.29, 1.82) is 0 Å². The van der Waals surface area contributed by atoms with Crippen LogP contribution in [0.15, 0.2) is 109 Å². The van der Waals surface area contributed by atoms with E-state index in [0.717, 1.165) is 36.7 Å². The Kier molecular flexibility index (Phi) is 10.3. The van der Waals surface area contributed by atoms with E-state index in [1.165, 1.54) is 44.4 Å². The highest BCUT2D eigenvalue weighted by atomic mass is 16.2. The van der Waals surface area contributed by atoms with Gasteiger partial charge in [0.15, 0.2) is 0 Å². The van der Waals surface area contributed by atoms with Crippen LogP contribution >= 0.6 is 0 Å². The van der Waals surface area contributed by atoms with Crippen molar-refractivity contribution in [2.75, 3.05) is 13.1 Å². The van der Waals surface area contributed by atoms with Crippen LogP contribution in [0.1, 0.15) is 47.5 Å². The number of H-pyrrole nitrogens is 2. The Morgan fingerprint density at radius 3 is 1.27 bits per heavy atom. The van der Waals surface area contributed by atoms with E-state index >= 15 is 0 Å². The minimum Gasteiger partial charge on any atom is -0.358 e. The van der Waals surface area contributed by atoms with Gasteiger partial charge in [0.05, 0.1) is 0 Å². The number of carbonyl (C=O) groups excluding carboxylic acids is 2. The lowest BCUT2D eigenvalue weighted by Crippen LogP contribution is -2.22. The fraction of sp³-hybridized carbons (Fsp3) is 0.211. The maximum absolute atomic E-state index is 11.1. The van der Waals surface area contributed by atoms with E-state index in [-0.39, 0.29) is 11.8 Å². The second-order valence-corrected chi connectivity index (χ2v) is 11.0. The summed E-state index contributed by atoms with van der Waals surface area (Å²) in [5, 5.41) is 8.27. The summed E-state index contributed by atoms with van der Waals surface area (Å²) >= 11 is 0. The molecule has 6 aromatic rings. The SMILES string of the molecule is CC(=O)NCCc1c(Cc2ccccc2)[nH]c2ccccc12.CC(=O)NCCc1c(Cc2ccccc2)[nH]c2ccccc12. The number of para-hydroxylation sites is 2. The predicted molar refractivity (Wildman–Crippen MR) is 180 cm³/mol. The Hall–Kier alpha value is -5.10. The summed E-state index contributed by atoms with van der Waals surface area (Å²) in [7, 11) is 0. The van der Waals surface area contributed by atoms with Crippen molar-refractivity contribution in [1.82, 2.24) is 20.6 Å². The van der Waals surface area contributed by atoms with Crippen molar-refractivity contribution in [3.05, 3.63) is 143 Å². The number of carbonyl (C=O) groups is 2. The molecule has 0 unspecified atom stereocenters. The van der Waals surface area contributed by atoms with Gasteiger partial charge in [0.2, 0.25) is 11.8 Å². The van der Waals surface area contributed by atoms with Crippen LogP contribution in [0.5, 0.6) is 0 Å². The molecule has 224 valence electrons. The van der Waals surface area contributed by atoms with E-state index in [9.17, 15) is 9.59 Å². The molecular formula is C38H40N4O2. The molecule has 0 fully saturated rings. The largest absolute Gasteiger partial charge is 0.358 e. The molecule has 0 aliphatic rings. The quantitative estimate of drug-likeness (QED) is 0.142. The highest BCUT2D eigenvalue weighted by Gasteiger charge is 2.13. The second kappa shape index (κ2) is 14.9. The third-order valence-corrected chi connectivity index (χ3v) is 7.75. The molecule has 0 aliphatic carbocycles. The van der Waals surface area contributed by atoms with Crippen LogP contribution in [-0.2, 0) is 35.3 Å². The number of rotatable bonds is 10. The van der Waals surface area contributed by atoms with Gasteiger partial charge in [-0.1, -0.05) is 97.1 Å². The molecule has 2 amide bonds. The Morgan fingerprint density at radius 2 is 0.886 bits per heavy atom. The molecule has 0 bridgehead atoms. The lowest BCUT2D eigenvalue weighted by Gasteiger charge is -2.06. The van der Waals surface area contributed by atoms with Crippen molar-refractivity contribution in [3.63, 3.8) is 0 Å². The van der Waals surface area contributed by atoms with E-state index in [0.29, 0.717) is 13.1 Å². The molecular weight excluding hydrogens is 544 g/mol. The average molecular weight is 585 g/mol. The van der Waals surface area contributed by atoms with Gasteiger partial charge in [-0.2, -0.15) is 0 Å². The van der Waals surface area contributed by atoms with Crippen LogP contribution in [0.25, 0.3) is 21.8 Å². The molecule has 4 N–H and O–H groups in total. The summed E-state index contributed by atoms with van der Waals surface area (Å²) in [5.74, 6) is 0.0360. The summed E-state index contributed by atoms with van der Waals surface area (Å²) in [5.41, 5.74) is 9.96. The molecule has 0 atom stereocenters. The van der Waals surface area contributed by atoms with Crippen LogP contribution in [-0.4, -0.2) is 34.9 Å². The summed E-state index contributed by atoms with van der Waals surface area (Å²) < 4.78 is 0. The second-order valence-electron chi connectivity index (χ2n) is 11.0. The third kappa shape index (κ3) is 8.04. The monoisotopic (exact) mass is 584 g/mol. The zero-order valence-electron chi connectivity index (χ0n) is 25.5. The lowest BCUT2D eigenvalue weighted by atomic mass is 10.0.